The van der Waals surface area contributed by atoms with Crippen molar-refractivity contribution < 1.29 is 14.7 Å². The highest BCUT2D eigenvalue weighted by Crippen LogP contribution is 2.26. The van der Waals surface area contributed by atoms with Crippen LogP contribution in [0.3, 0.4) is 0 Å². The van der Waals surface area contributed by atoms with E-state index in [1.807, 2.05) is 0 Å². The molecule has 1 atom stereocenters. The Morgan fingerprint density at radius 3 is 2.68 bits per heavy atom. The molecule has 2 aliphatic rings. The van der Waals surface area contributed by atoms with E-state index in [2.05, 4.69) is 17.1 Å². The van der Waals surface area contributed by atoms with E-state index >= 15 is 0 Å². The van der Waals surface area contributed by atoms with E-state index in [9.17, 15) is 9.59 Å². The van der Waals surface area contributed by atoms with Crippen LogP contribution in [-0.4, -0.2) is 65.2 Å². The van der Waals surface area contributed by atoms with Gasteiger partial charge >= 0.3 is 12.0 Å². The Hall–Kier alpha value is -1.30. The van der Waals surface area contributed by atoms with Gasteiger partial charge in [-0.25, -0.2) is 4.79 Å². The Kier molecular flexibility index (Phi) is 4.63. The summed E-state index contributed by atoms with van der Waals surface area (Å²) in [5.74, 6) is -0.946. The van der Waals surface area contributed by atoms with Crippen LogP contribution in [0, 0.1) is 0 Å². The molecule has 1 unspecified atom stereocenters. The minimum absolute atomic E-state index is 0.127. The zero-order valence-electron chi connectivity index (χ0n) is 11.5. The molecular weight excluding hydrogens is 246 g/mol. The highest BCUT2D eigenvalue weighted by Gasteiger charge is 2.34. The molecule has 0 radical (unpaired) electrons. The summed E-state index contributed by atoms with van der Waals surface area (Å²) in [6, 6.07) is 0.301. The molecular formula is C13H23N3O3. The first-order valence-electron chi connectivity index (χ1n) is 7.12. The number of carboxylic acids is 1. The number of aliphatic carboxylic acids is 1. The quantitative estimate of drug-likeness (QED) is 0.745. The number of carbonyl (C=O) groups is 2. The smallest absolute Gasteiger partial charge is 0.323 e. The van der Waals surface area contributed by atoms with Crippen molar-refractivity contribution >= 4 is 12.0 Å². The summed E-state index contributed by atoms with van der Waals surface area (Å²) in [7, 11) is 0. The predicted molar refractivity (Wildman–Crippen MR) is 71.0 cm³/mol. The van der Waals surface area contributed by atoms with Gasteiger partial charge in [-0.2, -0.15) is 0 Å². The summed E-state index contributed by atoms with van der Waals surface area (Å²) in [6.45, 7) is 4.65. The van der Waals surface area contributed by atoms with E-state index in [0.29, 0.717) is 12.6 Å². The molecule has 6 heteroatoms. The fraction of sp³-hybridized carbons (Fsp3) is 0.846. The van der Waals surface area contributed by atoms with Gasteiger partial charge < -0.3 is 15.3 Å². The van der Waals surface area contributed by atoms with E-state index in [1.54, 1.807) is 0 Å². The molecule has 0 aromatic rings. The minimum Gasteiger partial charge on any atom is -0.480 e. The topological polar surface area (TPSA) is 72.9 Å². The Bertz CT molecular complexity index is 344. The second-order valence-electron chi connectivity index (χ2n) is 5.36. The van der Waals surface area contributed by atoms with Crippen molar-refractivity contribution in [3.63, 3.8) is 0 Å². The molecule has 2 N–H and O–H groups in total. The van der Waals surface area contributed by atoms with Crippen LogP contribution in [-0.2, 0) is 4.79 Å². The molecule has 2 rings (SSSR count). The summed E-state index contributed by atoms with van der Waals surface area (Å²) in [5, 5.41) is 11.7. The van der Waals surface area contributed by atoms with Crippen molar-refractivity contribution in [3.8, 4) is 0 Å². The molecule has 2 amide bonds. The molecule has 2 fully saturated rings. The van der Waals surface area contributed by atoms with Crippen LogP contribution >= 0.6 is 0 Å². The number of hydrogen-bond acceptors (Lipinski definition) is 3. The van der Waals surface area contributed by atoms with Crippen molar-refractivity contribution in [2.24, 2.45) is 0 Å². The summed E-state index contributed by atoms with van der Waals surface area (Å²) < 4.78 is 0. The van der Waals surface area contributed by atoms with Crippen LogP contribution in [0.15, 0.2) is 0 Å². The van der Waals surface area contributed by atoms with E-state index in [0.717, 1.165) is 32.4 Å². The first-order valence-corrected chi connectivity index (χ1v) is 7.12. The first-order chi connectivity index (χ1) is 9.11. The molecule has 1 aliphatic carbocycles. The summed E-state index contributed by atoms with van der Waals surface area (Å²) in [4.78, 5) is 26.6. The standard InChI is InChI=1S/C13H23N3O3/c1-2-15-7-3-4-11(15)8-14-13(19)16(9-12(17)18)10-5-6-10/h10-11H,2-9H2,1H3,(H,14,19)(H,17,18). The van der Waals surface area contributed by atoms with Gasteiger partial charge in [0.25, 0.3) is 0 Å². The molecule has 1 heterocycles. The number of carbonyl (C=O) groups excluding carboxylic acids is 1. The molecule has 0 bridgehead atoms. The molecule has 19 heavy (non-hydrogen) atoms. The third-order valence-electron chi connectivity index (χ3n) is 3.95. The number of hydrogen-bond donors (Lipinski definition) is 2. The minimum atomic E-state index is -0.946. The molecule has 0 spiro atoms. The number of rotatable bonds is 6. The van der Waals surface area contributed by atoms with E-state index in [4.69, 9.17) is 5.11 Å². The predicted octanol–water partition coefficient (Wildman–Crippen LogP) is 0.729. The number of carboxylic acid groups (broad SMARTS) is 1. The van der Waals surface area contributed by atoms with Gasteiger partial charge in [-0.1, -0.05) is 6.92 Å². The maximum atomic E-state index is 12.0. The fourth-order valence-electron chi connectivity index (χ4n) is 2.75. The lowest BCUT2D eigenvalue weighted by Gasteiger charge is -2.25. The number of amides is 2. The number of nitrogens with one attached hydrogen (secondary N) is 1. The Labute approximate surface area is 113 Å². The molecule has 0 aromatic carbocycles. The van der Waals surface area contributed by atoms with Gasteiger partial charge in [0.05, 0.1) is 0 Å². The van der Waals surface area contributed by atoms with Crippen molar-refractivity contribution in [2.75, 3.05) is 26.2 Å². The van der Waals surface area contributed by atoms with Crippen LogP contribution in [0.25, 0.3) is 0 Å². The lowest BCUT2D eigenvalue weighted by atomic mass is 10.2. The first kappa shape index (κ1) is 14.1. The molecule has 1 saturated heterocycles. The Morgan fingerprint density at radius 1 is 1.37 bits per heavy atom. The van der Waals surface area contributed by atoms with Crippen molar-refractivity contribution in [2.45, 2.75) is 44.7 Å². The number of nitrogens with zero attached hydrogens (tertiary/aromatic N) is 2. The number of likely N-dealkylation sites (tertiary alicyclic amines) is 1. The number of urea groups is 1. The van der Waals surface area contributed by atoms with Gasteiger partial charge in [0.1, 0.15) is 6.54 Å². The van der Waals surface area contributed by atoms with E-state index < -0.39 is 5.97 Å². The van der Waals surface area contributed by atoms with Gasteiger partial charge in [0.15, 0.2) is 0 Å². The van der Waals surface area contributed by atoms with Gasteiger partial charge in [-0.05, 0) is 38.8 Å². The SMILES string of the molecule is CCN1CCCC1CNC(=O)N(CC(=O)O)C1CC1. The molecule has 108 valence electrons. The maximum Gasteiger partial charge on any atom is 0.323 e. The lowest BCUT2D eigenvalue weighted by molar-refractivity contribution is -0.137. The van der Waals surface area contributed by atoms with E-state index in [1.165, 1.54) is 11.3 Å². The summed E-state index contributed by atoms with van der Waals surface area (Å²) in [5.41, 5.74) is 0. The van der Waals surface area contributed by atoms with Crippen LogP contribution in [0.1, 0.15) is 32.6 Å². The number of likely N-dealkylation sites (N-methyl/N-ethyl adjacent to an activating group) is 1. The third-order valence-corrected chi connectivity index (χ3v) is 3.95. The summed E-state index contributed by atoms with van der Waals surface area (Å²) in [6.07, 6.45) is 4.13. The van der Waals surface area contributed by atoms with Crippen LogP contribution in [0.2, 0.25) is 0 Å². The zero-order chi connectivity index (χ0) is 13.8. The monoisotopic (exact) mass is 269 g/mol. The van der Waals surface area contributed by atoms with Crippen molar-refractivity contribution in [1.29, 1.82) is 0 Å². The normalized spacial score (nSPS) is 23.3. The van der Waals surface area contributed by atoms with E-state index in [-0.39, 0.29) is 18.6 Å². The fourth-order valence-corrected chi connectivity index (χ4v) is 2.75. The Balaban J connectivity index is 1.80. The second kappa shape index (κ2) is 6.23. The molecule has 0 aromatic heterocycles. The van der Waals surface area contributed by atoms with Crippen molar-refractivity contribution in [1.82, 2.24) is 15.1 Å². The van der Waals surface area contributed by atoms with Crippen LogP contribution in [0.4, 0.5) is 4.79 Å². The lowest BCUT2D eigenvalue weighted by Crippen LogP contribution is -2.48. The highest BCUT2D eigenvalue weighted by molar-refractivity contribution is 5.80. The van der Waals surface area contributed by atoms with Gasteiger partial charge in [-0.15, -0.1) is 0 Å². The third kappa shape index (κ3) is 3.83. The highest BCUT2D eigenvalue weighted by atomic mass is 16.4. The van der Waals surface area contributed by atoms with Gasteiger partial charge in [-0.3, -0.25) is 9.69 Å². The average molecular weight is 269 g/mol. The van der Waals surface area contributed by atoms with Gasteiger partial charge in [0, 0.05) is 18.6 Å². The van der Waals surface area contributed by atoms with Crippen LogP contribution in [0.5, 0.6) is 0 Å². The van der Waals surface area contributed by atoms with Crippen LogP contribution < -0.4 is 5.32 Å². The summed E-state index contributed by atoms with van der Waals surface area (Å²) >= 11 is 0. The van der Waals surface area contributed by atoms with Crippen molar-refractivity contribution in [3.05, 3.63) is 0 Å². The second-order valence-corrected chi connectivity index (χ2v) is 5.36. The molecule has 1 saturated carbocycles. The zero-order valence-corrected chi connectivity index (χ0v) is 11.5. The molecule has 6 nitrogen and oxygen atoms in total. The maximum absolute atomic E-state index is 12.0. The average Bonchev–Trinajstić information content (AvgIpc) is 3.11. The largest absolute Gasteiger partial charge is 0.480 e. The molecule has 1 aliphatic heterocycles. The Morgan fingerprint density at radius 2 is 2.11 bits per heavy atom. The van der Waals surface area contributed by atoms with Gasteiger partial charge in [0.2, 0.25) is 0 Å².